The van der Waals surface area contributed by atoms with E-state index in [-0.39, 0.29) is 5.54 Å². The molecule has 2 fully saturated rings. The van der Waals surface area contributed by atoms with E-state index in [9.17, 15) is 0 Å². The van der Waals surface area contributed by atoms with Crippen molar-refractivity contribution in [2.45, 2.75) is 57.2 Å². The number of hydrogen-bond donors (Lipinski definition) is 1. The summed E-state index contributed by atoms with van der Waals surface area (Å²) in [7, 11) is 0. The van der Waals surface area contributed by atoms with Crippen molar-refractivity contribution in [1.82, 2.24) is 20.2 Å². The predicted octanol–water partition coefficient (Wildman–Crippen LogP) is 1.97. The van der Waals surface area contributed by atoms with Crippen molar-refractivity contribution >= 4 is 0 Å². The van der Waals surface area contributed by atoms with Crippen LogP contribution in [0.4, 0.5) is 0 Å². The summed E-state index contributed by atoms with van der Waals surface area (Å²) >= 11 is 0. The fourth-order valence-electron chi connectivity index (χ4n) is 3.55. The molecular weight excluding hydrogens is 236 g/mol. The molecule has 0 amide bonds. The van der Waals surface area contributed by atoms with Crippen LogP contribution in [0.15, 0.2) is 18.5 Å². The zero-order chi connectivity index (χ0) is 13.3. The first-order chi connectivity index (χ1) is 9.10. The van der Waals surface area contributed by atoms with Gasteiger partial charge in [-0.2, -0.15) is 0 Å². The van der Waals surface area contributed by atoms with Gasteiger partial charge in [-0.15, -0.1) is 0 Å². The molecule has 0 bridgehead atoms. The molecule has 0 radical (unpaired) electrons. The fraction of sp³-hybridized carbons (Fsp3) is 0.733. The topological polar surface area (TPSA) is 41.1 Å². The summed E-state index contributed by atoms with van der Waals surface area (Å²) in [5.74, 6) is 0.950. The van der Waals surface area contributed by atoms with Crippen LogP contribution < -0.4 is 5.32 Å². The van der Waals surface area contributed by atoms with Crippen molar-refractivity contribution in [3.05, 3.63) is 24.3 Å². The first-order valence-electron chi connectivity index (χ1n) is 7.36. The van der Waals surface area contributed by atoms with Gasteiger partial charge < -0.3 is 5.32 Å². The van der Waals surface area contributed by atoms with Gasteiger partial charge in [0.15, 0.2) is 0 Å². The van der Waals surface area contributed by atoms with Crippen LogP contribution in [0, 0.1) is 0 Å². The van der Waals surface area contributed by atoms with Gasteiger partial charge in [0.05, 0.1) is 6.54 Å². The zero-order valence-electron chi connectivity index (χ0n) is 12.0. The van der Waals surface area contributed by atoms with E-state index in [1.165, 1.54) is 25.7 Å². The average Bonchev–Trinajstić information content (AvgIpc) is 2.85. The molecule has 0 aromatic carbocycles. The van der Waals surface area contributed by atoms with Gasteiger partial charge in [-0.05, 0) is 32.8 Å². The summed E-state index contributed by atoms with van der Waals surface area (Å²) in [6, 6.07) is 1.89. The molecule has 0 atom stereocenters. The molecule has 4 heteroatoms. The molecule has 1 aliphatic heterocycles. The van der Waals surface area contributed by atoms with Gasteiger partial charge in [0.2, 0.25) is 0 Å². The molecule has 3 rings (SSSR count). The molecule has 104 valence electrons. The highest BCUT2D eigenvalue weighted by Crippen LogP contribution is 2.38. The van der Waals surface area contributed by atoms with Crippen molar-refractivity contribution < 1.29 is 0 Å². The van der Waals surface area contributed by atoms with Crippen LogP contribution in [0.2, 0.25) is 0 Å². The molecule has 1 N–H and O–H groups in total. The van der Waals surface area contributed by atoms with Crippen LogP contribution in [-0.4, -0.2) is 39.0 Å². The lowest BCUT2D eigenvalue weighted by Gasteiger charge is -2.51. The zero-order valence-corrected chi connectivity index (χ0v) is 12.0. The normalized spacial score (nSPS) is 25.8. The third-order valence-electron chi connectivity index (χ3n) is 4.64. The molecule has 1 saturated carbocycles. The van der Waals surface area contributed by atoms with Gasteiger partial charge in [-0.3, -0.25) is 4.90 Å². The fourth-order valence-corrected chi connectivity index (χ4v) is 3.55. The summed E-state index contributed by atoms with van der Waals surface area (Å²) in [6.45, 7) is 7.63. The Kier molecular flexibility index (Phi) is 3.31. The minimum absolute atomic E-state index is 0.183. The Morgan fingerprint density at radius 2 is 1.89 bits per heavy atom. The van der Waals surface area contributed by atoms with E-state index in [0.717, 1.165) is 25.5 Å². The van der Waals surface area contributed by atoms with Crippen molar-refractivity contribution in [2.75, 3.05) is 13.1 Å². The molecule has 1 spiro atoms. The monoisotopic (exact) mass is 260 g/mol. The van der Waals surface area contributed by atoms with Crippen LogP contribution in [0.3, 0.4) is 0 Å². The summed E-state index contributed by atoms with van der Waals surface area (Å²) < 4.78 is 0. The number of aromatic nitrogens is 2. The lowest BCUT2D eigenvalue weighted by molar-refractivity contribution is 0.0103. The van der Waals surface area contributed by atoms with Crippen LogP contribution in [0.5, 0.6) is 0 Å². The highest BCUT2D eigenvalue weighted by atomic mass is 15.3. The third kappa shape index (κ3) is 2.65. The molecule has 2 aliphatic rings. The first-order valence-corrected chi connectivity index (χ1v) is 7.36. The van der Waals surface area contributed by atoms with Crippen molar-refractivity contribution in [3.8, 4) is 0 Å². The Balaban J connectivity index is 1.81. The van der Waals surface area contributed by atoms with Crippen molar-refractivity contribution in [2.24, 2.45) is 0 Å². The van der Waals surface area contributed by atoms with Gasteiger partial charge in [0.1, 0.15) is 5.82 Å². The van der Waals surface area contributed by atoms with E-state index in [2.05, 4.69) is 34.0 Å². The quantitative estimate of drug-likeness (QED) is 0.882. The largest absolute Gasteiger partial charge is 0.309 e. The Hall–Kier alpha value is -1.00. The summed E-state index contributed by atoms with van der Waals surface area (Å²) in [6.07, 6.45) is 9.02. The van der Waals surface area contributed by atoms with E-state index in [4.69, 9.17) is 0 Å². The van der Waals surface area contributed by atoms with Gasteiger partial charge >= 0.3 is 0 Å². The second-order valence-electron chi connectivity index (χ2n) is 6.69. The molecule has 1 aromatic heterocycles. The maximum Gasteiger partial charge on any atom is 0.142 e. The highest BCUT2D eigenvalue weighted by molar-refractivity contribution is 5.06. The average molecular weight is 260 g/mol. The Labute approximate surface area is 115 Å². The molecular formula is C15H24N4. The number of piperazine rings is 1. The van der Waals surface area contributed by atoms with Crippen LogP contribution in [0.1, 0.15) is 45.4 Å². The van der Waals surface area contributed by atoms with E-state index < -0.39 is 0 Å². The lowest BCUT2D eigenvalue weighted by atomic mass is 9.87. The van der Waals surface area contributed by atoms with Gasteiger partial charge in [0.25, 0.3) is 0 Å². The van der Waals surface area contributed by atoms with Gasteiger partial charge in [-0.25, -0.2) is 9.97 Å². The summed E-state index contributed by atoms with van der Waals surface area (Å²) in [4.78, 5) is 11.4. The SMILES string of the molecule is CC1(C)CN(Cc2ncccn2)C2(CCCC2)CN1. The van der Waals surface area contributed by atoms with Gasteiger partial charge in [0, 0.05) is 36.6 Å². The van der Waals surface area contributed by atoms with E-state index in [0.29, 0.717) is 5.54 Å². The van der Waals surface area contributed by atoms with E-state index >= 15 is 0 Å². The number of hydrogen-bond acceptors (Lipinski definition) is 4. The van der Waals surface area contributed by atoms with Crippen LogP contribution in [-0.2, 0) is 6.54 Å². The molecule has 1 aliphatic carbocycles. The minimum Gasteiger partial charge on any atom is -0.309 e. The van der Waals surface area contributed by atoms with Gasteiger partial charge in [-0.1, -0.05) is 12.8 Å². The highest BCUT2D eigenvalue weighted by Gasteiger charge is 2.45. The third-order valence-corrected chi connectivity index (χ3v) is 4.64. The molecule has 0 unspecified atom stereocenters. The maximum atomic E-state index is 4.40. The Morgan fingerprint density at radius 1 is 1.21 bits per heavy atom. The minimum atomic E-state index is 0.183. The number of nitrogens with zero attached hydrogens (tertiary/aromatic N) is 3. The molecule has 4 nitrogen and oxygen atoms in total. The van der Waals surface area contributed by atoms with Crippen LogP contribution in [0.25, 0.3) is 0 Å². The second kappa shape index (κ2) is 4.84. The second-order valence-corrected chi connectivity index (χ2v) is 6.69. The Morgan fingerprint density at radius 3 is 2.58 bits per heavy atom. The lowest BCUT2D eigenvalue weighted by Crippen LogP contribution is -2.67. The smallest absolute Gasteiger partial charge is 0.142 e. The molecule has 1 aromatic rings. The van der Waals surface area contributed by atoms with E-state index in [1.807, 2.05) is 18.5 Å². The number of nitrogens with one attached hydrogen (secondary N) is 1. The summed E-state index contributed by atoms with van der Waals surface area (Å²) in [5.41, 5.74) is 0.525. The van der Waals surface area contributed by atoms with E-state index in [1.54, 1.807) is 0 Å². The number of rotatable bonds is 2. The molecule has 1 saturated heterocycles. The molecule has 19 heavy (non-hydrogen) atoms. The summed E-state index contributed by atoms with van der Waals surface area (Å²) in [5, 5.41) is 3.72. The predicted molar refractivity (Wildman–Crippen MR) is 75.7 cm³/mol. The first kappa shape index (κ1) is 13.0. The van der Waals surface area contributed by atoms with Crippen molar-refractivity contribution in [1.29, 1.82) is 0 Å². The Bertz CT molecular complexity index is 423. The maximum absolute atomic E-state index is 4.40. The molecule has 2 heterocycles. The standard InChI is InChI=1S/C15H24N4/c1-14(2)12-19(10-13-16-8-5-9-17-13)15(11-18-14)6-3-4-7-15/h5,8-9,18H,3-4,6-7,10-12H2,1-2H3. The van der Waals surface area contributed by atoms with Crippen LogP contribution >= 0.6 is 0 Å². The van der Waals surface area contributed by atoms with Crippen molar-refractivity contribution in [3.63, 3.8) is 0 Å².